The van der Waals surface area contributed by atoms with Crippen molar-refractivity contribution in [3.05, 3.63) is 11.6 Å². The standard InChI is InChI=1S/C11H17N3O2S2/c15-18(16,10-2-3-10)14-6-1-5-13(7-8-14)11-12-4-9-17-11/h4,9-10H,1-3,5-8H2. The summed E-state index contributed by atoms with van der Waals surface area (Å²) in [4.78, 5) is 6.48. The summed E-state index contributed by atoms with van der Waals surface area (Å²) in [7, 11) is -3.01. The lowest BCUT2D eigenvalue weighted by Gasteiger charge is -2.21. The van der Waals surface area contributed by atoms with Gasteiger partial charge in [0, 0.05) is 37.8 Å². The quantitative estimate of drug-likeness (QED) is 0.837. The van der Waals surface area contributed by atoms with Gasteiger partial charge in [-0.05, 0) is 19.3 Å². The van der Waals surface area contributed by atoms with E-state index in [2.05, 4.69) is 9.88 Å². The number of hydrogen-bond donors (Lipinski definition) is 0. The fourth-order valence-electron chi connectivity index (χ4n) is 2.29. The molecule has 100 valence electrons. The van der Waals surface area contributed by atoms with Gasteiger partial charge in [0.2, 0.25) is 10.0 Å². The van der Waals surface area contributed by atoms with Crippen molar-refractivity contribution in [1.29, 1.82) is 0 Å². The molecule has 7 heteroatoms. The Morgan fingerprint density at radius 3 is 2.72 bits per heavy atom. The van der Waals surface area contributed by atoms with Crippen LogP contribution in [-0.2, 0) is 10.0 Å². The third-order valence-electron chi connectivity index (χ3n) is 3.45. The monoisotopic (exact) mass is 287 g/mol. The van der Waals surface area contributed by atoms with Crippen LogP contribution < -0.4 is 4.90 Å². The van der Waals surface area contributed by atoms with Gasteiger partial charge in [-0.3, -0.25) is 0 Å². The zero-order valence-electron chi connectivity index (χ0n) is 10.2. The number of rotatable bonds is 3. The van der Waals surface area contributed by atoms with E-state index in [4.69, 9.17) is 0 Å². The van der Waals surface area contributed by atoms with Crippen LogP contribution in [0.15, 0.2) is 11.6 Å². The van der Waals surface area contributed by atoms with Crippen molar-refractivity contribution in [2.45, 2.75) is 24.5 Å². The fraction of sp³-hybridized carbons (Fsp3) is 0.727. The Kier molecular flexibility index (Phi) is 3.29. The van der Waals surface area contributed by atoms with Crippen LogP contribution in [0, 0.1) is 0 Å². The molecule has 18 heavy (non-hydrogen) atoms. The molecule has 3 rings (SSSR count). The van der Waals surface area contributed by atoms with E-state index < -0.39 is 10.0 Å². The van der Waals surface area contributed by atoms with Gasteiger partial charge >= 0.3 is 0 Å². The van der Waals surface area contributed by atoms with Crippen LogP contribution in [0.4, 0.5) is 5.13 Å². The van der Waals surface area contributed by atoms with Crippen LogP contribution in [0.1, 0.15) is 19.3 Å². The lowest BCUT2D eigenvalue weighted by Crippen LogP contribution is -2.37. The van der Waals surface area contributed by atoms with E-state index in [0.29, 0.717) is 13.1 Å². The Bertz CT molecular complexity index is 496. The number of anilines is 1. The van der Waals surface area contributed by atoms with Gasteiger partial charge < -0.3 is 4.90 Å². The van der Waals surface area contributed by atoms with Crippen LogP contribution >= 0.6 is 11.3 Å². The number of aromatic nitrogens is 1. The second-order valence-electron chi connectivity index (χ2n) is 4.80. The minimum Gasteiger partial charge on any atom is -0.347 e. The zero-order chi connectivity index (χ0) is 12.6. The minimum absolute atomic E-state index is 0.0936. The maximum atomic E-state index is 12.2. The molecule has 0 atom stereocenters. The van der Waals surface area contributed by atoms with Crippen molar-refractivity contribution in [3.63, 3.8) is 0 Å². The summed E-state index contributed by atoms with van der Waals surface area (Å²) in [6, 6.07) is 0. The number of thiazole rings is 1. The predicted octanol–water partition coefficient (Wildman–Crippen LogP) is 1.15. The molecule has 0 radical (unpaired) electrons. The lowest BCUT2D eigenvalue weighted by molar-refractivity contribution is 0.432. The molecule has 1 aliphatic carbocycles. The van der Waals surface area contributed by atoms with Crippen molar-refractivity contribution >= 4 is 26.5 Å². The van der Waals surface area contributed by atoms with Crippen molar-refractivity contribution in [1.82, 2.24) is 9.29 Å². The lowest BCUT2D eigenvalue weighted by atomic mass is 10.4. The normalized spacial score (nSPS) is 23.0. The maximum absolute atomic E-state index is 12.2. The van der Waals surface area contributed by atoms with E-state index in [1.807, 2.05) is 5.38 Å². The van der Waals surface area contributed by atoms with Gasteiger partial charge in [-0.25, -0.2) is 13.4 Å². The third-order valence-corrected chi connectivity index (χ3v) is 6.68. The Morgan fingerprint density at radius 2 is 2.06 bits per heavy atom. The van der Waals surface area contributed by atoms with Crippen molar-refractivity contribution in [3.8, 4) is 0 Å². The smallest absolute Gasteiger partial charge is 0.217 e. The van der Waals surface area contributed by atoms with Crippen molar-refractivity contribution in [2.75, 3.05) is 31.1 Å². The van der Waals surface area contributed by atoms with Gasteiger partial charge in [-0.15, -0.1) is 11.3 Å². The van der Waals surface area contributed by atoms with Crippen molar-refractivity contribution in [2.24, 2.45) is 0 Å². The minimum atomic E-state index is -3.01. The fourth-order valence-corrected chi connectivity index (χ4v) is 4.86. The van der Waals surface area contributed by atoms with E-state index in [9.17, 15) is 8.42 Å². The molecule has 2 heterocycles. The third kappa shape index (κ3) is 2.39. The molecular weight excluding hydrogens is 270 g/mol. The molecule has 0 aromatic carbocycles. The molecule has 0 amide bonds. The highest BCUT2D eigenvalue weighted by Gasteiger charge is 2.40. The van der Waals surface area contributed by atoms with Crippen LogP contribution in [0.2, 0.25) is 0 Å². The summed E-state index contributed by atoms with van der Waals surface area (Å²) >= 11 is 1.61. The molecule has 1 aromatic heterocycles. The highest BCUT2D eigenvalue weighted by molar-refractivity contribution is 7.90. The summed E-state index contributed by atoms with van der Waals surface area (Å²) in [5, 5.41) is 2.86. The van der Waals surface area contributed by atoms with E-state index >= 15 is 0 Å². The molecule has 1 saturated heterocycles. The van der Waals surface area contributed by atoms with E-state index in [1.165, 1.54) is 0 Å². The van der Waals surface area contributed by atoms with Gasteiger partial charge in [-0.2, -0.15) is 4.31 Å². The van der Waals surface area contributed by atoms with E-state index in [-0.39, 0.29) is 5.25 Å². The largest absolute Gasteiger partial charge is 0.347 e. The average molecular weight is 287 g/mol. The van der Waals surface area contributed by atoms with E-state index in [1.54, 1.807) is 21.8 Å². The summed E-state index contributed by atoms with van der Waals surface area (Å²) in [5.41, 5.74) is 0. The average Bonchev–Trinajstić information content (AvgIpc) is 3.13. The Balaban J connectivity index is 1.68. The number of nitrogens with zero attached hydrogens (tertiary/aromatic N) is 3. The summed E-state index contributed by atoms with van der Waals surface area (Å²) in [5.74, 6) is 0. The zero-order valence-corrected chi connectivity index (χ0v) is 11.8. The second kappa shape index (κ2) is 4.79. The molecule has 1 aromatic rings. The molecule has 0 spiro atoms. The van der Waals surface area contributed by atoms with Crippen LogP contribution in [-0.4, -0.2) is 49.1 Å². The summed E-state index contributed by atoms with van der Waals surface area (Å²) in [6.45, 7) is 2.89. The molecule has 2 fully saturated rings. The molecule has 1 saturated carbocycles. The summed E-state index contributed by atoms with van der Waals surface area (Å²) in [6.07, 6.45) is 4.36. The molecular formula is C11H17N3O2S2. The SMILES string of the molecule is O=S(=O)(C1CC1)N1CCCN(c2nccs2)CC1. The van der Waals surface area contributed by atoms with Crippen molar-refractivity contribution < 1.29 is 8.42 Å². The maximum Gasteiger partial charge on any atom is 0.217 e. The Labute approximate surface area is 111 Å². The van der Waals surface area contributed by atoms with Gasteiger partial charge in [-0.1, -0.05) is 0 Å². The van der Waals surface area contributed by atoms with Crippen LogP contribution in [0.25, 0.3) is 0 Å². The topological polar surface area (TPSA) is 53.5 Å². The highest BCUT2D eigenvalue weighted by Crippen LogP contribution is 2.31. The Hall–Kier alpha value is -0.660. The first-order valence-electron chi connectivity index (χ1n) is 6.31. The first-order chi connectivity index (χ1) is 8.68. The molecule has 2 aliphatic rings. The first-order valence-corrected chi connectivity index (χ1v) is 8.69. The second-order valence-corrected chi connectivity index (χ2v) is 7.88. The first kappa shape index (κ1) is 12.4. The molecule has 1 aliphatic heterocycles. The van der Waals surface area contributed by atoms with Gasteiger partial charge in [0.15, 0.2) is 5.13 Å². The molecule has 0 bridgehead atoms. The molecule has 0 unspecified atom stereocenters. The molecule has 5 nitrogen and oxygen atoms in total. The van der Waals surface area contributed by atoms with Gasteiger partial charge in [0.1, 0.15) is 0 Å². The van der Waals surface area contributed by atoms with Crippen LogP contribution in [0.5, 0.6) is 0 Å². The van der Waals surface area contributed by atoms with Crippen LogP contribution in [0.3, 0.4) is 0 Å². The van der Waals surface area contributed by atoms with Gasteiger partial charge in [0.25, 0.3) is 0 Å². The molecule has 0 N–H and O–H groups in total. The number of sulfonamides is 1. The highest BCUT2D eigenvalue weighted by atomic mass is 32.2. The van der Waals surface area contributed by atoms with E-state index in [0.717, 1.165) is 37.5 Å². The van der Waals surface area contributed by atoms with Gasteiger partial charge in [0.05, 0.1) is 5.25 Å². The predicted molar refractivity (Wildman–Crippen MR) is 72.5 cm³/mol. The number of hydrogen-bond acceptors (Lipinski definition) is 5. The summed E-state index contributed by atoms with van der Waals surface area (Å²) < 4.78 is 26.1. The Morgan fingerprint density at radius 1 is 1.22 bits per heavy atom.